The van der Waals surface area contributed by atoms with Gasteiger partial charge in [0.15, 0.2) is 0 Å². The first-order valence-corrected chi connectivity index (χ1v) is 6.36. The number of rotatable bonds is 6. The van der Waals surface area contributed by atoms with Crippen molar-refractivity contribution >= 4 is 5.91 Å². The highest BCUT2D eigenvalue weighted by Gasteiger charge is 2.20. The number of hydrogen-bond acceptors (Lipinski definition) is 4. The van der Waals surface area contributed by atoms with Crippen LogP contribution >= 0.6 is 0 Å². The number of aliphatic hydroxyl groups excluding tert-OH is 1. The first-order chi connectivity index (χ1) is 8.13. The molecule has 1 saturated heterocycles. The number of ether oxygens (including phenoxy) is 1. The lowest BCUT2D eigenvalue weighted by Gasteiger charge is -2.34. The van der Waals surface area contributed by atoms with Crippen LogP contribution in [0, 0.1) is 0 Å². The Hall–Kier alpha value is -0.650. The second-order valence-electron chi connectivity index (χ2n) is 4.62. The molecule has 0 bridgehead atoms. The monoisotopic (exact) mass is 244 g/mol. The van der Waals surface area contributed by atoms with Gasteiger partial charge in [0.2, 0.25) is 5.91 Å². The summed E-state index contributed by atoms with van der Waals surface area (Å²) in [6.45, 7) is 8.59. The third-order valence-corrected chi connectivity index (χ3v) is 2.91. The molecule has 0 atom stereocenters. The maximum atomic E-state index is 11.8. The van der Waals surface area contributed by atoms with Crippen molar-refractivity contribution in [2.75, 3.05) is 45.9 Å². The van der Waals surface area contributed by atoms with Crippen molar-refractivity contribution in [1.29, 1.82) is 0 Å². The van der Waals surface area contributed by atoms with Gasteiger partial charge >= 0.3 is 0 Å². The van der Waals surface area contributed by atoms with E-state index in [1.165, 1.54) is 0 Å². The zero-order valence-corrected chi connectivity index (χ0v) is 10.9. The summed E-state index contributed by atoms with van der Waals surface area (Å²) in [5.74, 6) is 0.175. The lowest BCUT2D eigenvalue weighted by atomic mass is 10.3. The molecule has 1 fully saturated rings. The third kappa shape index (κ3) is 5.48. The fourth-order valence-corrected chi connectivity index (χ4v) is 1.90. The van der Waals surface area contributed by atoms with Crippen LogP contribution in [-0.4, -0.2) is 72.9 Å². The highest BCUT2D eigenvalue weighted by atomic mass is 16.5. The largest absolute Gasteiger partial charge is 0.395 e. The van der Waals surface area contributed by atoms with Crippen molar-refractivity contribution in [2.45, 2.75) is 26.4 Å². The van der Waals surface area contributed by atoms with Crippen LogP contribution in [0.15, 0.2) is 0 Å². The number of β-amino-alcohol motifs (C(OH)–C–C–N with tert-alkyl or cyclic N) is 1. The molecule has 0 aromatic carbocycles. The predicted octanol–water partition coefficient (Wildman–Crippen LogP) is -0.0620. The van der Waals surface area contributed by atoms with E-state index in [1.807, 2.05) is 18.7 Å². The first kappa shape index (κ1) is 14.4. The van der Waals surface area contributed by atoms with E-state index in [2.05, 4.69) is 4.90 Å². The quantitative estimate of drug-likeness (QED) is 0.711. The molecule has 0 aromatic rings. The molecule has 5 heteroatoms. The van der Waals surface area contributed by atoms with E-state index in [0.717, 1.165) is 26.2 Å². The highest BCUT2D eigenvalue weighted by molar-refractivity contribution is 5.76. The molecule has 0 unspecified atom stereocenters. The Labute approximate surface area is 103 Å². The molecule has 17 heavy (non-hydrogen) atoms. The fourth-order valence-electron chi connectivity index (χ4n) is 1.90. The molecular weight excluding hydrogens is 220 g/mol. The second kappa shape index (κ2) is 7.63. The van der Waals surface area contributed by atoms with Gasteiger partial charge in [0.25, 0.3) is 0 Å². The van der Waals surface area contributed by atoms with E-state index < -0.39 is 0 Å². The van der Waals surface area contributed by atoms with Gasteiger partial charge in [-0.25, -0.2) is 0 Å². The number of aliphatic hydroxyl groups is 1. The number of hydrogen-bond donors (Lipinski definition) is 1. The number of carbonyl (C=O) groups excluding carboxylic acids is 1. The van der Waals surface area contributed by atoms with Gasteiger partial charge < -0.3 is 14.7 Å². The Morgan fingerprint density at radius 2 is 1.94 bits per heavy atom. The smallest absolute Gasteiger partial charge is 0.224 e. The Balaban J connectivity index is 2.17. The van der Waals surface area contributed by atoms with E-state index >= 15 is 0 Å². The summed E-state index contributed by atoms with van der Waals surface area (Å²) in [5, 5.41) is 8.82. The van der Waals surface area contributed by atoms with Crippen LogP contribution in [0.2, 0.25) is 0 Å². The third-order valence-electron chi connectivity index (χ3n) is 2.91. The van der Waals surface area contributed by atoms with Crippen molar-refractivity contribution in [3.63, 3.8) is 0 Å². The van der Waals surface area contributed by atoms with E-state index in [0.29, 0.717) is 19.6 Å². The van der Waals surface area contributed by atoms with Crippen LogP contribution in [0.4, 0.5) is 0 Å². The summed E-state index contributed by atoms with van der Waals surface area (Å²) < 4.78 is 5.37. The molecule has 1 aliphatic heterocycles. The van der Waals surface area contributed by atoms with E-state index in [9.17, 15) is 4.79 Å². The molecule has 0 aliphatic carbocycles. The van der Waals surface area contributed by atoms with Crippen LogP contribution < -0.4 is 0 Å². The zero-order valence-electron chi connectivity index (χ0n) is 10.9. The zero-order chi connectivity index (χ0) is 12.7. The lowest BCUT2D eigenvalue weighted by molar-refractivity contribution is -0.134. The molecule has 0 saturated carbocycles. The first-order valence-electron chi connectivity index (χ1n) is 6.36. The molecule has 5 nitrogen and oxygen atoms in total. The van der Waals surface area contributed by atoms with Crippen molar-refractivity contribution < 1.29 is 14.6 Å². The number of nitrogens with zero attached hydrogens (tertiary/aromatic N) is 2. The van der Waals surface area contributed by atoms with Crippen LogP contribution in [0.25, 0.3) is 0 Å². The average molecular weight is 244 g/mol. The van der Waals surface area contributed by atoms with Gasteiger partial charge in [0.1, 0.15) is 0 Å². The standard InChI is InChI=1S/C12H24N2O3/c1-11(2)17-10-3-12(16)14-6-4-13(5-7-14)8-9-15/h11,15H,3-10H2,1-2H3. The Morgan fingerprint density at radius 3 is 2.47 bits per heavy atom. The summed E-state index contributed by atoms with van der Waals surface area (Å²) in [6.07, 6.45) is 0.655. The number of piperazine rings is 1. The van der Waals surface area contributed by atoms with Crippen molar-refractivity contribution in [1.82, 2.24) is 9.80 Å². The lowest BCUT2D eigenvalue weighted by Crippen LogP contribution is -2.49. The maximum absolute atomic E-state index is 11.8. The SMILES string of the molecule is CC(C)OCCC(=O)N1CCN(CCO)CC1. The Kier molecular flexibility index (Phi) is 6.47. The van der Waals surface area contributed by atoms with Crippen molar-refractivity contribution in [3.8, 4) is 0 Å². The summed E-state index contributed by atoms with van der Waals surface area (Å²) in [4.78, 5) is 15.9. The number of amides is 1. The van der Waals surface area contributed by atoms with Crippen LogP contribution in [0.5, 0.6) is 0 Å². The fraction of sp³-hybridized carbons (Fsp3) is 0.917. The summed E-state index contributed by atoms with van der Waals surface area (Å²) in [6, 6.07) is 0. The molecule has 1 heterocycles. The number of carbonyl (C=O) groups is 1. The molecule has 1 aliphatic rings. The minimum Gasteiger partial charge on any atom is -0.395 e. The predicted molar refractivity (Wildman–Crippen MR) is 65.8 cm³/mol. The second-order valence-corrected chi connectivity index (χ2v) is 4.62. The highest BCUT2D eigenvalue weighted by Crippen LogP contribution is 2.04. The minimum atomic E-state index is 0.175. The molecule has 0 aromatic heterocycles. The molecular formula is C12H24N2O3. The molecule has 0 radical (unpaired) electrons. The summed E-state index contributed by atoms with van der Waals surface area (Å²) >= 11 is 0. The van der Waals surface area contributed by atoms with Gasteiger partial charge in [-0.05, 0) is 13.8 Å². The van der Waals surface area contributed by atoms with Crippen LogP contribution in [0.3, 0.4) is 0 Å². The van der Waals surface area contributed by atoms with Gasteiger partial charge in [0.05, 0.1) is 25.7 Å². The molecule has 1 N–H and O–H groups in total. The normalized spacial score (nSPS) is 17.8. The molecule has 1 rings (SSSR count). The van der Waals surface area contributed by atoms with Crippen LogP contribution in [0.1, 0.15) is 20.3 Å². The van der Waals surface area contributed by atoms with Crippen molar-refractivity contribution in [2.24, 2.45) is 0 Å². The van der Waals surface area contributed by atoms with Gasteiger partial charge in [-0.3, -0.25) is 9.69 Å². The van der Waals surface area contributed by atoms with Crippen molar-refractivity contribution in [3.05, 3.63) is 0 Å². The van der Waals surface area contributed by atoms with Gasteiger partial charge in [-0.15, -0.1) is 0 Å². The minimum absolute atomic E-state index is 0.175. The Bertz CT molecular complexity index is 226. The van der Waals surface area contributed by atoms with E-state index in [-0.39, 0.29) is 18.6 Å². The topological polar surface area (TPSA) is 53.0 Å². The molecule has 0 spiro atoms. The van der Waals surface area contributed by atoms with Gasteiger partial charge in [-0.1, -0.05) is 0 Å². The van der Waals surface area contributed by atoms with E-state index in [4.69, 9.17) is 9.84 Å². The summed E-state index contributed by atoms with van der Waals surface area (Å²) in [7, 11) is 0. The average Bonchev–Trinajstić information content (AvgIpc) is 2.30. The molecule has 100 valence electrons. The molecule has 1 amide bonds. The van der Waals surface area contributed by atoms with E-state index in [1.54, 1.807) is 0 Å². The van der Waals surface area contributed by atoms with Gasteiger partial charge in [0, 0.05) is 32.7 Å². The maximum Gasteiger partial charge on any atom is 0.224 e. The Morgan fingerprint density at radius 1 is 1.29 bits per heavy atom. The van der Waals surface area contributed by atoms with Crippen LogP contribution in [-0.2, 0) is 9.53 Å². The summed E-state index contributed by atoms with van der Waals surface area (Å²) in [5.41, 5.74) is 0. The van der Waals surface area contributed by atoms with Gasteiger partial charge in [-0.2, -0.15) is 0 Å².